The van der Waals surface area contributed by atoms with E-state index in [2.05, 4.69) is 0 Å². The van der Waals surface area contributed by atoms with E-state index in [1.165, 1.54) is 0 Å². The third-order valence-corrected chi connectivity index (χ3v) is 8.44. The second-order valence-electron chi connectivity index (χ2n) is 10.6. The minimum atomic E-state index is -0.731. The molecule has 1 N–H and O–H groups in total. The number of aliphatic imine (C=N–C) groups is 1. The van der Waals surface area contributed by atoms with Crippen LogP contribution in [0.2, 0.25) is 10.0 Å². The van der Waals surface area contributed by atoms with E-state index in [0.717, 1.165) is 31.2 Å². The largest absolute Gasteiger partial charge is 0.508 e. The minimum absolute atomic E-state index is 0.0469. The Labute approximate surface area is 227 Å². The maximum atomic E-state index is 13.9. The molecule has 2 aromatic carbocycles. The van der Waals surface area contributed by atoms with Crippen LogP contribution in [0.3, 0.4) is 0 Å². The number of hydrogen-bond acceptors (Lipinski definition) is 5. The van der Waals surface area contributed by atoms with Crippen LogP contribution in [0.1, 0.15) is 75.3 Å². The second-order valence-corrected chi connectivity index (χ2v) is 11.4. The molecule has 0 saturated heterocycles. The quantitative estimate of drug-likeness (QED) is 0.401. The van der Waals surface area contributed by atoms with Gasteiger partial charge in [-0.05, 0) is 79.3 Å². The predicted molar refractivity (Wildman–Crippen MR) is 145 cm³/mol. The smallest absolute Gasteiger partial charge is 0.315 e. The fourth-order valence-electron chi connectivity index (χ4n) is 6.10. The Kier molecular flexibility index (Phi) is 7.46. The number of ether oxygens (including phenoxy) is 1. The van der Waals surface area contributed by atoms with E-state index in [1.54, 1.807) is 36.4 Å². The van der Waals surface area contributed by atoms with Gasteiger partial charge in [-0.3, -0.25) is 14.6 Å². The molecule has 1 saturated carbocycles. The molecule has 1 heterocycles. The van der Waals surface area contributed by atoms with Gasteiger partial charge in [-0.1, -0.05) is 55.2 Å². The summed E-state index contributed by atoms with van der Waals surface area (Å²) in [6.45, 7) is 4.01. The van der Waals surface area contributed by atoms with Crippen molar-refractivity contribution in [1.29, 1.82) is 0 Å². The van der Waals surface area contributed by atoms with E-state index < -0.39 is 11.8 Å². The first-order valence-corrected chi connectivity index (χ1v) is 13.8. The van der Waals surface area contributed by atoms with Gasteiger partial charge in [0.05, 0.1) is 0 Å². The molecule has 3 aliphatic rings. The van der Waals surface area contributed by atoms with Gasteiger partial charge in [0.2, 0.25) is 0 Å². The molecule has 3 unspecified atom stereocenters. The van der Waals surface area contributed by atoms with E-state index in [4.69, 9.17) is 32.9 Å². The summed E-state index contributed by atoms with van der Waals surface area (Å²) in [7, 11) is 0. The van der Waals surface area contributed by atoms with E-state index in [1.807, 2.05) is 19.9 Å². The maximum absolute atomic E-state index is 13.9. The summed E-state index contributed by atoms with van der Waals surface area (Å²) in [4.78, 5) is 32.6. The molecule has 0 radical (unpaired) electrons. The molecule has 194 valence electrons. The summed E-state index contributed by atoms with van der Waals surface area (Å²) in [5.41, 5.74) is 3.36. The van der Waals surface area contributed by atoms with Crippen molar-refractivity contribution in [3.63, 3.8) is 0 Å². The molecule has 2 aromatic rings. The summed E-state index contributed by atoms with van der Waals surface area (Å²) in [5, 5.41) is 11.4. The topological polar surface area (TPSA) is 76.0 Å². The number of carbonyl (C=O) groups excluding carboxylic acids is 2. The lowest BCUT2D eigenvalue weighted by molar-refractivity contribution is -0.151. The number of rotatable bonds is 5. The number of benzene rings is 2. The summed E-state index contributed by atoms with van der Waals surface area (Å²) >= 11 is 13.0. The van der Waals surface area contributed by atoms with E-state index in [9.17, 15) is 14.7 Å². The first-order valence-electron chi connectivity index (χ1n) is 13.0. The van der Waals surface area contributed by atoms with Crippen LogP contribution >= 0.6 is 23.2 Å². The van der Waals surface area contributed by atoms with Crippen molar-refractivity contribution in [2.75, 3.05) is 0 Å². The number of phenols is 1. The van der Waals surface area contributed by atoms with E-state index >= 15 is 0 Å². The molecule has 0 aromatic heterocycles. The molecule has 3 atom stereocenters. The van der Waals surface area contributed by atoms with Crippen LogP contribution in [0, 0.1) is 11.8 Å². The number of Topliss-reactive ketones (excluding diaryl/α,β-unsaturated/α-hetero) is 1. The van der Waals surface area contributed by atoms with Crippen LogP contribution in [0.25, 0.3) is 0 Å². The standard InChI is InChI=1S/C30H31Cl2NO4/c1-16(2)29-28(30(36)37-20-9-3-4-10-20)26(17-7-5-8-19(34)13-17)27-23(33-29)14-18(15-24(27)35)25-21(31)11-6-12-22(25)32/h5-8,11-13,16,18,20,26,28,34H,3-4,9-10,14-15H2,1-2H3. The number of allylic oxidation sites excluding steroid dienone is 2. The Hall–Kier alpha value is -2.63. The molecular weight excluding hydrogens is 509 g/mol. The fraction of sp³-hybridized carbons (Fsp3) is 0.433. The van der Waals surface area contributed by atoms with Gasteiger partial charge in [-0.15, -0.1) is 0 Å². The number of esters is 1. The summed E-state index contributed by atoms with van der Waals surface area (Å²) in [6, 6.07) is 12.2. The number of carbonyl (C=O) groups is 2. The van der Waals surface area contributed by atoms with Gasteiger partial charge >= 0.3 is 5.97 Å². The number of hydrogen-bond donors (Lipinski definition) is 1. The lowest BCUT2D eigenvalue weighted by atomic mass is 9.67. The van der Waals surface area contributed by atoms with Gasteiger partial charge in [0.15, 0.2) is 5.78 Å². The van der Waals surface area contributed by atoms with Crippen molar-refractivity contribution >= 4 is 40.7 Å². The molecule has 2 aliphatic carbocycles. The van der Waals surface area contributed by atoms with Crippen LogP contribution in [0.5, 0.6) is 5.75 Å². The lowest BCUT2D eigenvalue weighted by Gasteiger charge is -2.38. The first-order chi connectivity index (χ1) is 17.7. The number of phenolic OH excluding ortho intramolecular Hbond substituents is 1. The van der Waals surface area contributed by atoms with Crippen LogP contribution < -0.4 is 0 Å². The second kappa shape index (κ2) is 10.6. The highest BCUT2D eigenvalue weighted by molar-refractivity contribution is 6.36. The molecule has 0 amide bonds. The summed E-state index contributed by atoms with van der Waals surface area (Å²) in [6.07, 6.45) is 4.41. The van der Waals surface area contributed by atoms with Crippen LogP contribution in [0.15, 0.2) is 58.7 Å². The highest BCUT2D eigenvalue weighted by Gasteiger charge is 2.47. The third kappa shape index (κ3) is 5.08. The molecule has 5 rings (SSSR count). The Bertz CT molecular complexity index is 1270. The zero-order valence-corrected chi connectivity index (χ0v) is 22.6. The average molecular weight is 540 g/mol. The molecule has 0 bridgehead atoms. The molecule has 1 fully saturated rings. The van der Waals surface area contributed by atoms with Crippen LogP contribution in [-0.2, 0) is 14.3 Å². The Morgan fingerprint density at radius 2 is 1.73 bits per heavy atom. The maximum Gasteiger partial charge on any atom is 0.315 e. The zero-order valence-electron chi connectivity index (χ0n) is 21.0. The van der Waals surface area contributed by atoms with Gasteiger partial charge in [0.1, 0.15) is 17.8 Å². The van der Waals surface area contributed by atoms with Crippen molar-refractivity contribution in [3.05, 3.63) is 74.9 Å². The van der Waals surface area contributed by atoms with Gasteiger partial charge in [0.25, 0.3) is 0 Å². The summed E-state index contributed by atoms with van der Waals surface area (Å²) in [5.74, 6) is -1.92. The fourth-order valence-corrected chi connectivity index (χ4v) is 6.81. The SMILES string of the molecule is CC(C)C1=NC2=C(C(=O)CC(c3c(Cl)cccc3Cl)C2)C(c2cccc(O)c2)C1C(=O)OC1CCCC1. The molecule has 7 heteroatoms. The summed E-state index contributed by atoms with van der Waals surface area (Å²) < 4.78 is 6.00. The molecule has 1 aliphatic heterocycles. The van der Waals surface area contributed by atoms with E-state index in [0.29, 0.717) is 39.0 Å². The van der Waals surface area contributed by atoms with Crippen LogP contribution in [-0.4, -0.2) is 28.7 Å². The third-order valence-electron chi connectivity index (χ3n) is 7.78. The predicted octanol–water partition coefficient (Wildman–Crippen LogP) is 7.40. The number of aromatic hydroxyl groups is 1. The average Bonchev–Trinajstić information content (AvgIpc) is 3.35. The number of ketones is 1. The number of nitrogens with zero attached hydrogens (tertiary/aromatic N) is 1. The van der Waals surface area contributed by atoms with Crippen molar-refractivity contribution in [3.8, 4) is 5.75 Å². The molecular formula is C30H31Cl2NO4. The van der Waals surface area contributed by atoms with Crippen molar-refractivity contribution in [1.82, 2.24) is 0 Å². The van der Waals surface area contributed by atoms with Crippen LogP contribution in [0.4, 0.5) is 0 Å². The highest BCUT2D eigenvalue weighted by atomic mass is 35.5. The van der Waals surface area contributed by atoms with Crippen molar-refractivity contribution in [2.24, 2.45) is 16.8 Å². The minimum Gasteiger partial charge on any atom is -0.508 e. The normalized spacial score (nSPS) is 24.3. The molecule has 5 nitrogen and oxygen atoms in total. The van der Waals surface area contributed by atoms with Crippen molar-refractivity contribution < 1.29 is 19.4 Å². The molecule has 37 heavy (non-hydrogen) atoms. The van der Waals surface area contributed by atoms with Gasteiger partial charge in [0, 0.05) is 39.4 Å². The first kappa shape index (κ1) is 26.0. The van der Waals surface area contributed by atoms with E-state index in [-0.39, 0.29) is 41.9 Å². The van der Waals surface area contributed by atoms with Gasteiger partial charge in [-0.25, -0.2) is 0 Å². The van der Waals surface area contributed by atoms with Crippen molar-refractivity contribution in [2.45, 2.75) is 70.3 Å². The Balaban J connectivity index is 1.62. The highest BCUT2D eigenvalue weighted by Crippen LogP contribution is 2.49. The molecule has 0 spiro atoms. The van der Waals surface area contributed by atoms with Gasteiger partial charge in [-0.2, -0.15) is 0 Å². The number of halogens is 2. The Morgan fingerprint density at radius 1 is 1.05 bits per heavy atom. The zero-order chi connectivity index (χ0) is 26.3. The lowest BCUT2D eigenvalue weighted by Crippen LogP contribution is -2.41. The van der Waals surface area contributed by atoms with Gasteiger partial charge < -0.3 is 9.84 Å². The monoisotopic (exact) mass is 539 g/mol. The Morgan fingerprint density at radius 3 is 2.38 bits per heavy atom.